The molecule has 4 nitrogen and oxygen atoms in total. The van der Waals surface area contributed by atoms with E-state index in [4.69, 9.17) is 5.73 Å². The Kier molecular flexibility index (Phi) is 4.42. The standard InChI is InChI=1S/C19H23FN2O2/c1-19(2,24)13-9-15(11-5-7-14(20)8-6-11)22-16(10-13)18(23)17(21)12-3-4-12/h5-10,12,17-18,23-24H,3-4,21H2,1-2H3/t17-,18?/m0/s1. The minimum atomic E-state index is -1.09. The summed E-state index contributed by atoms with van der Waals surface area (Å²) in [4.78, 5) is 4.51. The zero-order chi connectivity index (χ0) is 17.5. The summed E-state index contributed by atoms with van der Waals surface area (Å²) in [6.07, 6.45) is 1.15. The van der Waals surface area contributed by atoms with E-state index < -0.39 is 11.7 Å². The van der Waals surface area contributed by atoms with Crippen molar-refractivity contribution in [3.05, 3.63) is 53.5 Å². The van der Waals surface area contributed by atoms with Gasteiger partial charge in [-0.3, -0.25) is 0 Å². The Morgan fingerprint density at radius 1 is 1.21 bits per heavy atom. The number of benzene rings is 1. The largest absolute Gasteiger partial charge is 0.386 e. The molecule has 0 aliphatic heterocycles. The van der Waals surface area contributed by atoms with Gasteiger partial charge in [0.2, 0.25) is 0 Å². The monoisotopic (exact) mass is 330 g/mol. The van der Waals surface area contributed by atoms with Crippen molar-refractivity contribution in [3.63, 3.8) is 0 Å². The number of rotatable bonds is 5. The minimum Gasteiger partial charge on any atom is -0.386 e. The first-order valence-electron chi connectivity index (χ1n) is 8.20. The highest BCUT2D eigenvalue weighted by molar-refractivity contribution is 5.60. The summed E-state index contributed by atoms with van der Waals surface area (Å²) >= 11 is 0. The third-order valence-electron chi connectivity index (χ3n) is 4.53. The van der Waals surface area contributed by atoms with Crippen molar-refractivity contribution in [2.75, 3.05) is 0 Å². The number of aromatic nitrogens is 1. The first kappa shape index (κ1) is 17.0. The van der Waals surface area contributed by atoms with E-state index in [1.807, 2.05) is 0 Å². The predicted molar refractivity (Wildman–Crippen MR) is 90.5 cm³/mol. The number of pyridine rings is 1. The van der Waals surface area contributed by atoms with Crippen molar-refractivity contribution in [2.45, 2.75) is 44.4 Å². The molecule has 3 rings (SSSR count). The fraction of sp³-hybridized carbons (Fsp3) is 0.421. The second-order valence-electron chi connectivity index (χ2n) is 7.09. The molecule has 1 saturated carbocycles. The summed E-state index contributed by atoms with van der Waals surface area (Å²) in [5.74, 6) is -0.00438. The van der Waals surface area contributed by atoms with Gasteiger partial charge in [0.15, 0.2) is 0 Å². The van der Waals surface area contributed by atoms with E-state index in [0.29, 0.717) is 22.9 Å². The lowest BCUT2D eigenvalue weighted by Gasteiger charge is -2.23. The molecule has 2 atom stereocenters. The van der Waals surface area contributed by atoms with Gasteiger partial charge in [-0.2, -0.15) is 0 Å². The zero-order valence-corrected chi connectivity index (χ0v) is 13.9. The van der Waals surface area contributed by atoms with Gasteiger partial charge in [0.25, 0.3) is 0 Å². The van der Waals surface area contributed by atoms with E-state index in [9.17, 15) is 14.6 Å². The van der Waals surface area contributed by atoms with Gasteiger partial charge in [0, 0.05) is 11.6 Å². The Labute approximate surface area is 141 Å². The lowest BCUT2D eigenvalue weighted by Crippen LogP contribution is -2.31. The summed E-state index contributed by atoms with van der Waals surface area (Å²) in [6.45, 7) is 3.35. The van der Waals surface area contributed by atoms with Gasteiger partial charge in [-0.25, -0.2) is 9.37 Å². The van der Waals surface area contributed by atoms with Crippen molar-refractivity contribution in [1.82, 2.24) is 4.98 Å². The highest BCUT2D eigenvalue weighted by Gasteiger charge is 2.35. The molecule has 1 unspecified atom stereocenters. The van der Waals surface area contributed by atoms with E-state index in [0.717, 1.165) is 18.4 Å². The van der Waals surface area contributed by atoms with E-state index >= 15 is 0 Å². The second kappa shape index (κ2) is 6.24. The highest BCUT2D eigenvalue weighted by Crippen LogP contribution is 2.37. The van der Waals surface area contributed by atoms with Crippen LogP contribution in [0.2, 0.25) is 0 Å². The molecule has 1 fully saturated rings. The molecule has 5 heteroatoms. The average molecular weight is 330 g/mol. The lowest BCUT2D eigenvalue weighted by atomic mass is 9.93. The highest BCUT2D eigenvalue weighted by atomic mass is 19.1. The van der Waals surface area contributed by atoms with Gasteiger partial charge >= 0.3 is 0 Å². The number of nitrogens with zero attached hydrogens (tertiary/aromatic N) is 1. The van der Waals surface area contributed by atoms with Gasteiger partial charge in [-0.15, -0.1) is 0 Å². The van der Waals surface area contributed by atoms with Crippen LogP contribution in [-0.2, 0) is 5.60 Å². The Morgan fingerprint density at radius 2 is 1.83 bits per heavy atom. The molecule has 24 heavy (non-hydrogen) atoms. The first-order chi connectivity index (χ1) is 11.3. The van der Waals surface area contributed by atoms with Gasteiger partial charge in [-0.05, 0) is 74.6 Å². The van der Waals surface area contributed by atoms with Crippen LogP contribution in [-0.4, -0.2) is 21.2 Å². The minimum absolute atomic E-state index is 0.321. The molecule has 0 bridgehead atoms. The van der Waals surface area contributed by atoms with Crippen molar-refractivity contribution in [1.29, 1.82) is 0 Å². The summed E-state index contributed by atoms with van der Waals surface area (Å²) in [7, 11) is 0. The third-order valence-corrected chi connectivity index (χ3v) is 4.53. The molecule has 128 valence electrons. The van der Waals surface area contributed by atoms with Crippen LogP contribution in [0, 0.1) is 11.7 Å². The zero-order valence-electron chi connectivity index (χ0n) is 13.9. The van der Waals surface area contributed by atoms with E-state index in [2.05, 4.69) is 4.98 Å². The maximum Gasteiger partial charge on any atom is 0.123 e. The van der Waals surface area contributed by atoms with Crippen LogP contribution in [0.4, 0.5) is 4.39 Å². The third kappa shape index (κ3) is 3.64. The van der Waals surface area contributed by atoms with Gasteiger partial charge in [0.1, 0.15) is 11.9 Å². The summed E-state index contributed by atoms with van der Waals surface area (Å²) < 4.78 is 13.2. The van der Waals surface area contributed by atoms with Crippen LogP contribution in [0.1, 0.15) is 44.1 Å². The average Bonchev–Trinajstić information content (AvgIpc) is 3.38. The molecule has 1 aliphatic rings. The van der Waals surface area contributed by atoms with Crippen molar-refractivity contribution in [2.24, 2.45) is 11.7 Å². The van der Waals surface area contributed by atoms with Crippen molar-refractivity contribution >= 4 is 0 Å². The molecular formula is C19H23FN2O2. The predicted octanol–water partition coefficient (Wildman–Crippen LogP) is 2.89. The van der Waals surface area contributed by atoms with Crippen LogP contribution in [0.25, 0.3) is 11.3 Å². The van der Waals surface area contributed by atoms with Crippen molar-refractivity contribution in [3.8, 4) is 11.3 Å². The van der Waals surface area contributed by atoms with Crippen LogP contribution < -0.4 is 5.73 Å². The molecule has 1 aromatic carbocycles. The van der Waals surface area contributed by atoms with E-state index in [-0.39, 0.29) is 11.9 Å². The Bertz CT molecular complexity index is 721. The number of hydrogen-bond donors (Lipinski definition) is 3. The normalized spacial score (nSPS) is 17.6. The molecule has 0 radical (unpaired) electrons. The van der Waals surface area contributed by atoms with Crippen LogP contribution in [0.5, 0.6) is 0 Å². The summed E-state index contributed by atoms with van der Waals surface area (Å²) in [5.41, 5.74) is 7.40. The number of nitrogens with two attached hydrogens (primary N) is 1. The fourth-order valence-electron chi connectivity index (χ4n) is 2.76. The summed E-state index contributed by atoms with van der Waals surface area (Å²) in [5, 5.41) is 20.9. The van der Waals surface area contributed by atoms with Crippen LogP contribution >= 0.6 is 0 Å². The van der Waals surface area contributed by atoms with Crippen LogP contribution in [0.3, 0.4) is 0 Å². The Balaban J connectivity index is 2.04. The number of hydrogen-bond acceptors (Lipinski definition) is 4. The quantitative estimate of drug-likeness (QED) is 0.787. The molecule has 4 N–H and O–H groups in total. The fourth-order valence-corrected chi connectivity index (χ4v) is 2.76. The number of halogens is 1. The molecule has 0 spiro atoms. The van der Waals surface area contributed by atoms with Gasteiger partial charge < -0.3 is 15.9 Å². The Hall–Kier alpha value is -1.82. The Morgan fingerprint density at radius 3 is 2.38 bits per heavy atom. The topological polar surface area (TPSA) is 79.4 Å². The number of aliphatic hydroxyl groups excluding tert-OH is 1. The maximum absolute atomic E-state index is 13.2. The molecule has 2 aromatic rings. The molecule has 1 heterocycles. The molecular weight excluding hydrogens is 307 g/mol. The SMILES string of the molecule is CC(C)(O)c1cc(-c2ccc(F)cc2)nc(C(O)[C@@H](N)C2CC2)c1. The molecule has 0 saturated heterocycles. The molecule has 1 aromatic heterocycles. The van der Waals surface area contributed by atoms with Crippen LogP contribution in [0.15, 0.2) is 36.4 Å². The molecule has 0 amide bonds. The van der Waals surface area contributed by atoms with E-state index in [1.165, 1.54) is 12.1 Å². The smallest absolute Gasteiger partial charge is 0.123 e. The lowest BCUT2D eigenvalue weighted by molar-refractivity contribution is 0.0776. The maximum atomic E-state index is 13.2. The van der Waals surface area contributed by atoms with E-state index in [1.54, 1.807) is 38.1 Å². The second-order valence-corrected chi connectivity index (χ2v) is 7.09. The molecule has 1 aliphatic carbocycles. The first-order valence-corrected chi connectivity index (χ1v) is 8.20. The summed E-state index contributed by atoms with van der Waals surface area (Å²) in [6, 6.07) is 9.06. The van der Waals surface area contributed by atoms with Crippen molar-refractivity contribution < 1.29 is 14.6 Å². The number of aliphatic hydroxyl groups is 2. The van der Waals surface area contributed by atoms with Gasteiger partial charge in [0.05, 0.1) is 17.0 Å². The van der Waals surface area contributed by atoms with Gasteiger partial charge in [-0.1, -0.05) is 0 Å².